The van der Waals surface area contributed by atoms with Crippen LogP contribution in [0.1, 0.15) is 51.1 Å². The molecule has 1 aromatic rings. The van der Waals surface area contributed by atoms with Gasteiger partial charge in [0, 0.05) is 1.43 Å². The lowest BCUT2D eigenvalue weighted by molar-refractivity contribution is 0.0513. The number of aromatic nitrogens is 2. The molecule has 0 unspecified atom stereocenters. The molecule has 4 nitrogen and oxygen atoms in total. The highest BCUT2D eigenvalue weighted by Crippen LogP contribution is 2.25. The second-order valence-electron chi connectivity index (χ2n) is 4.65. The molecule has 0 aliphatic heterocycles. The molecule has 114 valence electrons. The van der Waals surface area contributed by atoms with Gasteiger partial charge < -0.3 is 9.72 Å². The quantitative estimate of drug-likeness (QED) is 0.623. The molecule has 0 bridgehead atoms. The van der Waals surface area contributed by atoms with Crippen LogP contribution in [-0.4, -0.2) is 22.5 Å². The van der Waals surface area contributed by atoms with Gasteiger partial charge in [-0.05, 0) is 38.8 Å². The highest BCUT2D eigenvalue weighted by molar-refractivity contribution is 5.89. The number of hydrogen-bond donors (Lipinski definition) is 1. The number of H-pyrrole nitrogens is 1. The van der Waals surface area contributed by atoms with Crippen molar-refractivity contribution in [1.29, 1.82) is 0 Å². The van der Waals surface area contributed by atoms with E-state index in [2.05, 4.69) is 23.1 Å². The third kappa shape index (κ3) is 4.05. The number of rotatable bonds is 6. The van der Waals surface area contributed by atoms with Crippen LogP contribution < -0.4 is 0 Å². The minimum Gasteiger partial charge on any atom is -0.460 e. The molecule has 0 saturated heterocycles. The van der Waals surface area contributed by atoms with E-state index >= 15 is 0 Å². The summed E-state index contributed by atoms with van der Waals surface area (Å²) in [5, 5.41) is 0. The predicted molar refractivity (Wildman–Crippen MR) is 89.0 cm³/mol. The molecule has 0 atom stereocenters. The molecule has 21 heavy (non-hydrogen) atoms. The number of allylic oxidation sites excluding steroid dienone is 6. The van der Waals surface area contributed by atoms with Gasteiger partial charge in [-0.1, -0.05) is 37.0 Å². The third-order valence-electron chi connectivity index (χ3n) is 2.89. The van der Waals surface area contributed by atoms with Gasteiger partial charge >= 0.3 is 5.97 Å². The number of nitrogens with one attached hydrogen (secondary N) is 1. The van der Waals surface area contributed by atoms with Gasteiger partial charge in [0.15, 0.2) is 0 Å². The number of carbonyl (C=O) groups excluding carboxylic acids is 1. The standard InChI is InChI=1S/C17H22N2O2.H2/c1-7-12(6)14-15(13(8-2)10-11(4)5)19-16(18-14)17(20)21-9-3;/h7-8,10H,2,4,9H2,1,3,5-6H3,(H,18,19);1H/b12-7+,13-10+;. The van der Waals surface area contributed by atoms with Gasteiger partial charge in [-0.15, -0.1) is 0 Å². The summed E-state index contributed by atoms with van der Waals surface area (Å²) in [6.07, 6.45) is 5.54. The fourth-order valence-corrected chi connectivity index (χ4v) is 1.80. The molecule has 1 aromatic heterocycles. The summed E-state index contributed by atoms with van der Waals surface area (Å²) in [6, 6.07) is 0. The highest BCUT2D eigenvalue weighted by Gasteiger charge is 2.18. The van der Waals surface area contributed by atoms with E-state index in [1.807, 2.05) is 32.9 Å². The number of imidazole rings is 1. The number of carbonyl (C=O) groups is 1. The van der Waals surface area contributed by atoms with Gasteiger partial charge in [0.25, 0.3) is 0 Å². The van der Waals surface area contributed by atoms with E-state index in [1.54, 1.807) is 13.0 Å². The molecule has 1 heterocycles. The number of aromatic amines is 1. The first kappa shape index (κ1) is 16.7. The largest absolute Gasteiger partial charge is 0.460 e. The van der Waals surface area contributed by atoms with Crippen molar-refractivity contribution in [1.82, 2.24) is 9.97 Å². The molecule has 0 aliphatic rings. The fraction of sp³-hybridized carbons (Fsp3) is 0.294. The summed E-state index contributed by atoms with van der Waals surface area (Å²) in [5.74, 6) is -0.273. The van der Waals surface area contributed by atoms with Crippen molar-refractivity contribution in [2.24, 2.45) is 0 Å². The molecular weight excluding hydrogens is 264 g/mol. The SMILES string of the molecule is C=C/C(=C\C(=C)C)c1[nH]c(C(=O)OCC)nc1/C(C)=C/C.[HH]. The number of hydrogen-bond acceptors (Lipinski definition) is 3. The van der Waals surface area contributed by atoms with E-state index < -0.39 is 5.97 Å². The minimum atomic E-state index is -0.465. The first-order chi connectivity index (χ1) is 9.94. The van der Waals surface area contributed by atoms with Gasteiger partial charge in [-0.3, -0.25) is 0 Å². The summed E-state index contributed by atoms with van der Waals surface area (Å²) in [4.78, 5) is 19.2. The number of nitrogens with zero attached hydrogens (tertiary/aromatic N) is 1. The van der Waals surface area contributed by atoms with Crippen LogP contribution in [0.2, 0.25) is 0 Å². The van der Waals surface area contributed by atoms with Crippen molar-refractivity contribution in [2.75, 3.05) is 6.61 Å². The normalized spacial score (nSPS) is 12.2. The molecule has 0 aliphatic carbocycles. The highest BCUT2D eigenvalue weighted by atomic mass is 16.5. The Bertz CT molecular complexity index is 625. The van der Waals surface area contributed by atoms with Crippen molar-refractivity contribution in [3.63, 3.8) is 0 Å². The first-order valence-corrected chi connectivity index (χ1v) is 6.85. The van der Waals surface area contributed by atoms with Crippen LogP contribution in [0.15, 0.2) is 37.0 Å². The molecule has 0 amide bonds. The molecule has 1 N–H and O–H groups in total. The average molecular weight is 288 g/mol. The molecular formula is C17H24N2O2. The van der Waals surface area contributed by atoms with E-state index in [0.717, 1.165) is 22.4 Å². The maximum atomic E-state index is 11.9. The Labute approximate surface area is 127 Å². The Kier molecular flexibility index (Phi) is 5.91. The zero-order valence-electron chi connectivity index (χ0n) is 13.1. The van der Waals surface area contributed by atoms with Crippen LogP contribution in [0, 0.1) is 0 Å². The lowest BCUT2D eigenvalue weighted by atomic mass is 10.0. The van der Waals surface area contributed by atoms with Gasteiger partial charge in [0.1, 0.15) is 0 Å². The Morgan fingerprint density at radius 3 is 2.62 bits per heavy atom. The van der Waals surface area contributed by atoms with Crippen molar-refractivity contribution in [2.45, 2.75) is 27.7 Å². The molecule has 1 rings (SSSR count). The van der Waals surface area contributed by atoms with E-state index in [-0.39, 0.29) is 7.25 Å². The van der Waals surface area contributed by atoms with Crippen LogP contribution >= 0.6 is 0 Å². The predicted octanol–water partition coefficient (Wildman–Crippen LogP) is 4.40. The zero-order valence-corrected chi connectivity index (χ0v) is 13.1. The Balaban J connectivity index is 0.00000441. The summed E-state index contributed by atoms with van der Waals surface area (Å²) in [5.41, 5.74) is 4.15. The minimum absolute atomic E-state index is 0. The van der Waals surface area contributed by atoms with E-state index in [9.17, 15) is 4.79 Å². The first-order valence-electron chi connectivity index (χ1n) is 6.85. The van der Waals surface area contributed by atoms with E-state index in [1.165, 1.54) is 0 Å². The van der Waals surface area contributed by atoms with Gasteiger partial charge in [0.2, 0.25) is 5.82 Å². The Hall–Kier alpha value is -2.36. The monoisotopic (exact) mass is 288 g/mol. The third-order valence-corrected chi connectivity index (χ3v) is 2.89. The zero-order chi connectivity index (χ0) is 16.0. The van der Waals surface area contributed by atoms with Crippen LogP contribution in [-0.2, 0) is 4.74 Å². The van der Waals surface area contributed by atoms with Gasteiger partial charge in [0.05, 0.1) is 18.0 Å². The van der Waals surface area contributed by atoms with Crippen LogP contribution in [0.4, 0.5) is 0 Å². The number of ether oxygens (including phenoxy) is 1. The topological polar surface area (TPSA) is 55.0 Å². The number of esters is 1. The van der Waals surface area contributed by atoms with Crippen LogP contribution in [0.3, 0.4) is 0 Å². The summed E-state index contributed by atoms with van der Waals surface area (Å²) in [7, 11) is 0. The fourth-order valence-electron chi connectivity index (χ4n) is 1.80. The lowest BCUT2D eigenvalue weighted by Gasteiger charge is -2.04. The molecule has 0 aromatic carbocycles. The summed E-state index contributed by atoms with van der Waals surface area (Å²) < 4.78 is 4.99. The maximum absolute atomic E-state index is 11.9. The molecule has 4 heteroatoms. The smallest absolute Gasteiger partial charge is 0.374 e. The maximum Gasteiger partial charge on any atom is 0.374 e. The van der Waals surface area contributed by atoms with Gasteiger partial charge in [-0.2, -0.15) is 0 Å². The molecule has 0 radical (unpaired) electrons. The second-order valence-corrected chi connectivity index (χ2v) is 4.65. The van der Waals surface area contributed by atoms with Crippen molar-refractivity contribution in [3.05, 3.63) is 54.2 Å². The van der Waals surface area contributed by atoms with E-state index in [0.29, 0.717) is 12.3 Å². The Morgan fingerprint density at radius 1 is 1.48 bits per heavy atom. The molecule has 0 spiro atoms. The van der Waals surface area contributed by atoms with Crippen molar-refractivity contribution >= 4 is 17.1 Å². The average Bonchev–Trinajstić information content (AvgIpc) is 2.89. The molecule has 0 fully saturated rings. The van der Waals surface area contributed by atoms with Crippen LogP contribution in [0.5, 0.6) is 0 Å². The van der Waals surface area contributed by atoms with Crippen molar-refractivity contribution in [3.8, 4) is 0 Å². The summed E-state index contributed by atoms with van der Waals surface area (Å²) >= 11 is 0. The lowest BCUT2D eigenvalue weighted by Crippen LogP contribution is -2.06. The Morgan fingerprint density at radius 2 is 2.14 bits per heavy atom. The summed E-state index contributed by atoms with van der Waals surface area (Å²) in [6.45, 7) is 15.5. The van der Waals surface area contributed by atoms with Crippen LogP contribution in [0.25, 0.3) is 11.1 Å². The van der Waals surface area contributed by atoms with Gasteiger partial charge in [-0.25, -0.2) is 9.78 Å². The van der Waals surface area contributed by atoms with Crippen molar-refractivity contribution < 1.29 is 11.0 Å². The second kappa shape index (κ2) is 7.43. The van der Waals surface area contributed by atoms with E-state index in [4.69, 9.17) is 4.74 Å². The molecule has 0 saturated carbocycles.